The highest BCUT2D eigenvalue weighted by molar-refractivity contribution is 6.14. The summed E-state index contributed by atoms with van der Waals surface area (Å²) in [6, 6.07) is 34.7. The van der Waals surface area contributed by atoms with Gasteiger partial charge in [-0.1, -0.05) is 54.6 Å². The standard InChI is InChI=1S/C55H29F6N11/c56-54(57,58)40-6-1-7-41(55(59,60)61)48(40)49-46(71-42-26-32(50-63-16-2-17-64-50)8-12-36(42)37-13-9-33(27-43(37)71)51-65-18-3-19-66-51)24-31(30-62)25-47(49)72-44-28-34(52-67-20-4-21-68-52)10-14-38(44)39-15-11-35(29-45(39)72)53-69-22-5-23-70-53/h1-29H. The molecule has 0 bridgehead atoms. The van der Waals surface area contributed by atoms with Crippen molar-refractivity contribution in [3.05, 3.63) is 194 Å². The number of alkyl halides is 6. The highest BCUT2D eigenvalue weighted by Gasteiger charge is 2.43. The fourth-order valence-corrected chi connectivity index (χ4v) is 9.48. The Morgan fingerprint density at radius 2 is 0.653 bits per heavy atom. The molecule has 0 atom stereocenters. The molecule has 0 fully saturated rings. The molecule has 0 radical (unpaired) electrons. The molecule has 6 heterocycles. The Morgan fingerprint density at radius 3 is 0.917 bits per heavy atom. The van der Waals surface area contributed by atoms with Gasteiger partial charge in [0, 0.05) is 105 Å². The van der Waals surface area contributed by atoms with Gasteiger partial charge in [0.15, 0.2) is 23.3 Å². The molecule has 0 saturated carbocycles. The van der Waals surface area contributed by atoms with Crippen LogP contribution in [-0.2, 0) is 12.4 Å². The molecule has 12 aromatic rings. The van der Waals surface area contributed by atoms with Gasteiger partial charge < -0.3 is 9.13 Å². The highest BCUT2D eigenvalue weighted by atomic mass is 19.4. The molecule has 0 saturated heterocycles. The topological polar surface area (TPSA) is 137 Å². The van der Waals surface area contributed by atoms with Gasteiger partial charge in [0.2, 0.25) is 0 Å². The van der Waals surface area contributed by atoms with E-state index in [1.165, 1.54) is 12.1 Å². The molecule has 12 rings (SSSR count). The summed E-state index contributed by atoms with van der Waals surface area (Å²) in [5.41, 5.74) is -1.78. The average Bonchev–Trinajstić information content (AvgIpc) is 3.91. The average molecular weight is 958 g/mol. The molecule has 11 nitrogen and oxygen atoms in total. The Kier molecular flexibility index (Phi) is 10.2. The fourth-order valence-electron chi connectivity index (χ4n) is 9.48. The second kappa shape index (κ2) is 16.8. The fraction of sp³-hybridized carbons (Fsp3) is 0.0364. The van der Waals surface area contributed by atoms with Gasteiger partial charge in [-0.25, -0.2) is 39.9 Å². The van der Waals surface area contributed by atoms with Crippen LogP contribution in [0, 0.1) is 11.3 Å². The first-order chi connectivity index (χ1) is 34.9. The summed E-state index contributed by atoms with van der Waals surface area (Å²) in [5.74, 6) is 1.24. The number of fused-ring (bicyclic) bond motifs is 6. The summed E-state index contributed by atoms with van der Waals surface area (Å²) in [5, 5.41) is 13.4. The van der Waals surface area contributed by atoms with Crippen molar-refractivity contribution >= 4 is 43.6 Å². The second-order valence-corrected chi connectivity index (χ2v) is 16.6. The van der Waals surface area contributed by atoms with Gasteiger partial charge in [0.1, 0.15) is 0 Å². The quantitative estimate of drug-likeness (QED) is 0.143. The lowest BCUT2D eigenvalue weighted by atomic mass is 9.89. The van der Waals surface area contributed by atoms with Gasteiger partial charge in [0.05, 0.1) is 56.2 Å². The summed E-state index contributed by atoms with van der Waals surface area (Å²) in [6.07, 6.45) is 1.77. The predicted octanol–water partition coefficient (Wildman–Crippen LogP) is 13.3. The lowest BCUT2D eigenvalue weighted by Crippen LogP contribution is -2.16. The van der Waals surface area contributed by atoms with Gasteiger partial charge >= 0.3 is 12.4 Å². The third-order valence-electron chi connectivity index (χ3n) is 12.5. The third kappa shape index (κ3) is 7.31. The van der Waals surface area contributed by atoms with E-state index in [1.807, 2.05) is 0 Å². The number of rotatable bonds is 7. The molecular formula is C55H29F6N11. The van der Waals surface area contributed by atoms with Gasteiger partial charge in [-0.15, -0.1) is 0 Å². The predicted molar refractivity (Wildman–Crippen MR) is 259 cm³/mol. The normalized spacial score (nSPS) is 12.0. The minimum Gasteiger partial charge on any atom is -0.308 e. The van der Waals surface area contributed by atoms with Crippen molar-refractivity contribution in [2.75, 3.05) is 0 Å². The molecule has 0 N–H and O–H groups in total. The molecule has 0 unspecified atom stereocenters. The molecule has 0 spiro atoms. The summed E-state index contributed by atoms with van der Waals surface area (Å²) < 4.78 is 98.5. The van der Waals surface area contributed by atoms with Crippen LogP contribution in [0.25, 0.3) is 112 Å². The minimum absolute atomic E-state index is 0.0815. The van der Waals surface area contributed by atoms with E-state index in [9.17, 15) is 5.26 Å². The first-order valence-electron chi connectivity index (χ1n) is 22.1. The minimum atomic E-state index is -5.33. The van der Waals surface area contributed by atoms with Crippen molar-refractivity contribution in [2.24, 2.45) is 0 Å². The van der Waals surface area contributed by atoms with E-state index in [-0.39, 0.29) is 16.9 Å². The van der Waals surface area contributed by atoms with Crippen molar-refractivity contribution in [3.63, 3.8) is 0 Å². The molecular weight excluding hydrogens is 929 g/mol. The van der Waals surface area contributed by atoms with Crippen molar-refractivity contribution in [2.45, 2.75) is 12.4 Å². The van der Waals surface area contributed by atoms with Crippen molar-refractivity contribution in [1.29, 1.82) is 5.26 Å². The number of hydrogen-bond acceptors (Lipinski definition) is 9. The number of hydrogen-bond donors (Lipinski definition) is 0. The zero-order valence-corrected chi connectivity index (χ0v) is 36.9. The van der Waals surface area contributed by atoms with Crippen molar-refractivity contribution in [1.82, 2.24) is 49.0 Å². The number of benzene rings is 6. The Labute approximate surface area is 403 Å². The van der Waals surface area contributed by atoms with Crippen LogP contribution >= 0.6 is 0 Å². The first kappa shape index (κ1) is 43.6. The highest BCUT2D eigenvalue weighted by Crippen LogP contribution is 2.51. The maximum Gasteiger partial charge on any atom is 0.417 e. The Morgan fingerprint density at radius 1 is 0.361 bits per heavy atom. The largest absolute Gasteiger partial charge is 0.417 e. The van der Waals surface area contributed by atoms with Crippen LogP contribution in [0.1, 0.15) is 16.7 Å². The second-order valence-electron chi connectivity index (χ2n) is 16.6. The molecule has 72 heavy (non-hydrogen) atoms. The zero-order chi connectivity index (χ0) is 49.3. The van der Waals surface area contributed by atoms with E-state index in [2.05, 4.69) is 45.9 Å². The lowest BCUT2D eigenvalue weighted by Gasteiger charge is -2.25. The monoisotopic (exact) mass is 957 g/mol. The molecule has 0 aliphatic carbocycles. The third-order valence-corrected chi connectivity index (χ3v) is 12.5. The summed E-state index contributed by atoms with van der Waals surface area (Å²) in [4.78, 5) is 35.6. The Balaban J connectivity index is 1.32. The van der Waals surface area contributed by atoms with E-state index in [0.717, 1.165) is 6.07 Å². The molecule has 6 aromatic carbocycles. The van der Waals surface area contributed by atoms with Crippen molar-refractivity contribution < 1.29 is 26.3 Å². The van der Waals surface area contributed by atoms with Gasteiger partial charge in [-0.05, 0) is 72.8 Å². The maximum atomic E-state index is 15.9. The van der Waals surface area contributed by atoms with E-state index in [1.54, 1.807) is 156 Å². The smallest absolute Gasteiger partial charge is 0.308 e. The van der Waals surface area contributed by atoms with Gasteiger partial charge in [-0.2, -0.15) is 31.6 Å². The van der Waals surface area contributed by atoms with E-state index >= 15 is 26.3 Å². The molecule has 0 aliphatic rings. The van der Waals surface area contributed by atoms with E-state index in [4.69, 9.17) is 0 Å². The Bertz CT molecular complexity index is 3690. The number of nitrogens with zero attached hydrogens (tertiary/aromatic N) is 11. The van der Waals surface area contributed by atoms with Crippen LogP contribution in [0.2, 0.25) is 0 Å². The number of halogens is 6. The van der Waals surface area contributed by atoms with Crippen LogP contribution in [0.15, 0.2) is 177 Å². The molecule has 0 amide bonds. The zero-order valence-electron chi connectivity index (χ0n) is 36.9. The molecule has 346 valence electrons. The molecule has 17 heteroatoms. The molecule has 6 aromatic heterocycles. The van der Waals surface area contributed by atoms with Gasteiger partial charge in [-0.3, -0.25) is 0 Å². The van der Waals surface area contributed by atoms with E-state index in [0.29, 0.717) is 101 Å². The number of nitriles is 1. The molecule has 0 aliphatic heterocycles. The van der Waals surface area contributed by atoms with Crippen LogP contribution in [0.3, 0.4) is 0 Å². The van der Waals surface area contributed by atoms with Crippen LogP contribution in [-0.4, -0.2) is 49.0 Å². The summed E-state index contributed by atoms with van der Waals surface area (Å²) in [7, 11) is 0. The van der Waals surface area contributed by atoms with Gasteiger partial charge in [0.25, 0.3) is 0 Å². The SMILES string of the molecule is N#Cc1cc(-n2c3cc(-c4ncccn4)ccc3c3ccc(-c4ncccn4)cc32)c(-c2c(C(F)(F)F)cccc2C(F)(F)F)c(-n2c3cc(-c4ncccn4)ccc3c3ccc(-c4ncccn4)cc32)c1. The number of aromatic nitrogens is 10. The van der Waals surface area contributed by atoms with E-state index < -0.39 is 34.6 Å². The van der Waals surface area contributed by atoms with Crippen LogP contribution < -0.4 is 0 Å². The first-order valence-corrected chi connectivity index (χ1v) is 22.1. The lowest BCUT2D eigenvalue weighted by molar-refractivity contribution is -0.142. The summed E-state index contributed by atoms with van der Waals surface area (Å²) in [6.45, 7) is 0. The van der Waals surface area contributed by atoms with Crippen molar-refractivity contribution in [3.8, 4) is 74.1 Å². The summed E-state index contributed by atoms with van der Waals surface area (Å²) >= 11 is 0. The maximum absolute atomic E-state index is 15.9. The Hall–Kier alpha value is -9.69. The van der Waals surface area contributed by atoms with Crippen LogP contribution in [0.4, 0.5) is 26.3 Å². The van der Waals surface area contributed by atoms with Crippen LogP contribution in [0.5, 0.6) is 0 Å².